The maximum atomic E-state index is 11.8. The Labute approximate surface area is 109 Å². The van der Waals surface area contributed by atoms with Gasteiger partial charge in [-0.15, -0.1) is 6.58 Å². The molecular formula is C15H21NO2. The number of nitrogens with one attached hydrogen (secondary N) is 1. The van der Waals surface area contributed by atoms with E-state index in [2.05, 4.69) is 24.0 Å². The van der Waals surface area contributed by atoms with Crippen molar-refractivity contribution in [1.82, 2.24) is 5.32 Å². The largest absolute Gasteiger partial charge is 0.468 e. The zero-order chi connectivity index (χ0) is 13.4. The summed E-state index contributed by atoms with van der Waals surface area (Å²) in [4.78, 5) is 11.8. The highest BCUT2D eigenvalue weighted by atomic mass is 16.5. The molecule has 1 unspecified atom stereocenters. The summed E-state index contributed by atoms with van der Waals surface area (Å²) in [6.07, 6.45) is 3.26. The molecule has 0 radical (unpaired) electrons. The summed E-state index contributed by atoms with van der Waals surface area (Å²) in [7, 11) is 1.42. The molecule has 0 aliphatic carbocycles. The molecule has 3 nitrogen and oxygen atoms in total. The van der Waals surface area contributed by atoms with E-state index in [1.54, 1.807) is 6.08 Å². The van der Waals surface area contributed by atoms with Gasteiger partial charge in [-0.1, -0.05) is 36.4 Å². The topological polar surface area (TPSA) is 38.3 Å². The van der Waals surface area contributed by atoms with Gasteiger partial charge in [0.05, 0.1) is 7.11 Å². The van der Waals surface area contributed by atoms with Gasteiger partial charge in [-0.25, -0.2) is 0 Å². The van der Waals surface area contributed by atoms with Crippen molar-refractivity contribution in [2.24, 2.45) is 0 Å². The first-order valence-corrected chi connectivity index (χ1v) is 6.10. The van der Waals surface area contributed by atoms with Crippen LogP contribution < -0.4 is 5.32 Å². The van der Waals surface area contributed by atoms with E-state index >= 15 is 0 Å². The molecule has 0 spiro atoms. The van der Waals surface area contributed by atoms with Crippen LogP contribution in [0.25, 0.3) is 0 Å². The molecule has 0 aliphatic heterocycles. The molecule has 0 bridgehead atoms. The Morgan fingerprint density at radius 2 is 2.11 bits per heavy atom. The van der Waals surface area contributed by atoms with Crippen LogP contribution in [0.15, 0.2) is 43.0 Å². The number of esters is 1. The zero-order valence-corrected chi connectivity index (χ0v) is 11.1. The van der Waals surface area contributed by atoms with Gasteiger partial charge in [-0.3, -0.25) is 10.1 Å². The Hall–Kier alpha value is -1.61. The highest BCUT2D eigenvalue weighted by Crippen LogP contribution is 2.16. The molecule has 1 atom stereocenters. The number of carbonyl (C=O) groups is 1. The second-order valence-electron chi connectivity index (χ2n) is 4.48. The third kappa shape index (κ3) is 4.00. The normalized spacial score (nSPS) is 13.7. The summed E-state index contributed by atoms with van der Waals surface area (Å²) in [6, 6.07) is 10.1. The monoisotopic (exact) mass is 247 g/mol. The van der Waals surface area contributed by atoms with Gasteiger partial charge in [0.1, 0.15) is 5.54 Å². The molecule has 0 aliphatic rings. The van der Waals surface area contributed by atoms with Crippen molar-refractivity contribution in [3.63, 3.8) is 0 Å². The SMILES string of the molecule is C=CCNC(C)(CCc1ccccc1)C(=O)OC. The number of rotatable bonds is 7. The number of hydrogen-bond donors (Lipinski definition) is 1. The third-order valence-electron chi connectivity index (χ3n) is 3.03. The minimum atomic E-state index is -0.668. The van der Waals surface area contributed by atoms with Crippen molar-refractivity contribution >= 4 is 5.97 Å². The lowest BCUT2D eigenvalue weighted by Crippen LogP contribution is -2.50. The number of carbonyl (C=O) groups excluding carboxylic acids is 1. The number of ether oxygens (including phenoxy) is 1. The average Bonchev–Trinajstić information content (AvgIpc) is 2.43. The lowest BCUT2D eigenvalue weighted by atomic mass is 9.93. The molecule has 18 heavy (non-hydrogen) atoms. The van der Waals surface area contributed by atoms with E-state index < -0.39 is 5.54 Å². The van der Waals surface area contributed by atoms with Gasteiger partial charge in [-0.2, -0.15) is 0 Å². The summed E-state index contributed by atoms with van der Waals surface area (Å²) < 4.78 is 4.87. The van der Waals surface area contributed by atoms with E-state index in [-0.39, 0.29) is 5.97 Å². The van der Waals surface area contributed by atoms with Crippen LogP contribution in [0.1, 0.15) is 18.9 Å². The summed E-state index contributed by atoms with van der Waals surface area (Å²) in [5.74, 6) is -0.236. The van der Waals surface area contributed by atoms with Gasteiger partial charge in [0.2, 0.25) is 0 Å². The van der Waals surface area contributed by atoms with Gasteiger partial charge < -0.3 is 4.74 Å². The standard InChI is InChI=1S/C15H21NO2/c1-4-12-16-15(2,14(17)18-3)11-10-13-8-6-5-7-9-13/h4-9,16H,1,10-12H2,2-3H3. The maximum Gasteiger partial charge on any atom is 0.325 e. The Kier molecular flexibility index (Phi) is 5.59. The fraction of sp³-hybridized carbons (Fsp3) is 0.400. The Morgan fingerprint density at radius 3 is 2.67 bits per heavy atom. The molecule has 1 aromatic rings. The molecule has 0 saturated heterocycles. The number of aryl methyl sites for hydroxylation is 1. The number of benzene rings is 1. The van der Waals surface area contributed by atoms with Crippen molar-refractivity contribution < 1.29 is 9.53 Å². The van der Waals surface area contributed by atoms with E-state index in [1.807, 2.05) is 25.1 Å². The molecule has 0 amide bonds. The smallest absolute Gasteiger partial charge is 0.325 e. The van der Waals surface area contributed by atoms with Crippen molar-refractivity contribution in [2.45, 2.75) is 25.3 Å². The molecule has 98 valence electrons. The molecule has 1 rings (SSSR count). The van der Waals surface area contributed by atoms with Crippen molar-refractivity contribution in [3.05, 3.63) is 48.6 Å². The molecule has 1 aromatic carbocycles. The molecule has 3 heteroatoms. The molecule has 0 fully saturated rings. The number of methoxy groups -OCH3 is 1. The summed E-state index contributed by atoms with van der Waals surface area (Å²) in [5.41, 5.74) is 0.548. The third-order valence-corrected chi connectivity index (χ3v) is 3.03. The Bertz CT molecular complexity index is 389. The van der Waals surface area contributed by atoms with Gasteiger partial charge in [-0.05, 0) is 25.3 Å². The highest BCUT2D eigenvalue weighted by molar-refractivity contribution is 5.80. The summed E-state index contributed by atoms with van der Waals surface area (Å²) >= 11 is 0. The quantitative estimate of drug-likeness (QED) is 0.593. The maximum absolute atomic E-state index is 11.8. The first kappa shape index (κ1) is 14.5. The molecule has 1 N–H and O–H groups in total. The first-order chi connectivity index (χ1) is 8.62. The summed E-state index contributed by atoms with van der Waals surface area (Å²) in [6.45, 7) is 6.10. The van der Waals surface area contributed by atoms with E-state index in [4.69, 9.17) is 4.74 Å². The Morgan fingerprint density at radius 1 is 1.44 bits per heavy atom. The highest BCUT2D eigenvalue weighted by Gasteiger charge is 2.32. The lowest BCUT2D eigenvalue weighted by molar-refractivity contribution is -0.148. The predicted molar refractivity (Wildman–Crippen MR) is 73.4 cm³/mol. The van der Waals surface area contributed by atoms with E-state index in [0.29, 0.717) is 13.0 Å². The molecular weight excluding hydrogens is 226 g/mol. The molecule has 0 saturated carbocycles. The van der Waals surface area contributed by atoms with Crippen LogP contribution in [0.2, 0.25) is 0 Å². The van der Waals surface area contributed by atoms with Gasteiger partial charge in [0, 0.05) is 6.54 Å². The second kappa shape index (κ2) is 6.97. The van der Waals surface area contributed by atoms with Crippen LogP contribution in [-0.2, 0) is 16.0 Å². The minimum absolute atomic E-state index is 0.236. The first-order valence-electron chi connectivity index (χ1n) is 6.10. The number of hydrogen-bond acceptors (Lipinski definition) is 3. The van der Waals surface area contributed by atoms with Crippen LogP contribution in [0.3, 0.4) is 0 Å². The van der Waals surface area contributed by atoms with E-state index in [9.17, 15) is 4.79 Å². The zero-order valence-electron chi connectivity index (χ0n) is 11.1. The molecule has 0 heterocycles. The van der Waals surface area contributed by atoms with Crippen LogP contribution in [0.4, 0.5) is 0 Å². The van der Waals surface area contributed by atoms with Crippen molar-refractivity contribution in [2.75, 3.05) is 13.7 Å². The van der Waals surface area contributed by atoms with E-state index in [1.165, 1.54) is 12.7 Å². The van der Waals surface area contributed by atoms with Crippen LogP contribution >= 0.6 is 0 Å². The minimum Gasteiger partial charge on any atom is -0.468 e. The van der Waals surface area contributed by atoms with Gasteiger partial charge in [0.15, 0.2) is 0 Å². The van der Waals surface area contributed by atoms with Crippen LogP contribution in [-0.4, -0.2) is 25.2 Å². The molecule has 0 aromatic heterocycles. The van der Waals surface area contributed by atoms with Crippen LogP contribution in [0.5, 0.6) is 0 Å². The second-order valence-corrected chi connectivity index (χ2v) is 4.48. The fourth-order valence-corrected chi connectivity index (χ4v) is 1.82. The van der Waals surface area contributed by atoms with E-state index in [0.717, 1.165) is 6.42 Å². The van der Waals surface area contributed by atoms with Crippen LogP contribution in [0, 0.1) is 0 Å². The lowest BCUT2D eigenvalue weighted by Gasteiger charge is -2.27. The fourth-order valence-electron chi connectivity index (χ4n) is 1.82. The van der Waals surface area contributed by atoms with Gasteiger partial charge >= 0.3 is 5.97 Å². The summed E-state index contributed by atoms with van der Waals surface area (Å²) in [5, 5.41) is 3.17. The van der Waals surface area contributed by atoms with Crippen molar-refractivity contribution in [3.8, 4) is 0 Å². The average molecular weight is 247 g/mol. The van der Waals surface area contributed by atoms with Crippen molar-refractivity contribution in [1.29, 1.82) is 0 Å². The Balaban J connectivity index is 2.66. The van der Waals surface area contributed by atoms with Gasteiger partial charge in [0.25, 0.3) is 0 Å². The predicted octanol–water partition coefficient (Wildman–Crippen LogP) is 2.33.